The Bertz CT molecular complexity index is 823. The maximum Gasteiger partial charge on any atom is 0.364 e. The zero-order valence-corrected chi connectivity index (χ0v) is 13.7. The van der Waals surface area contributed by atoms with Gasteiger partial charge >= 0.3 is 11.3 Å². The van der Waals surface area contributed by atoms with Gasteiger partial charge in [-0.15, -0.1) is 0 Å². The summed E-state index contributed by atoms with van der Waals surface area (Å²) in [6.07, 6.45) is 0. The predicted molar refractivity (Wildman–Crippen MR) is 91.7 cm³/mol. The van der Waals surface area contributed by atoms with Crippen LogP contribution in [0.1, 0.15) is 18.1 Å². The molecule has 0 atom stereocenters. The smallest absolute Gasteiger partial charge is 0.364 e. The monoisotopic (exact) mass is 313 g/mol. The maximum atomic E-state index is 6.24. The Morgan fingerprint density at radius 1 is 1.05 bits per heavy atom. The maximum absolute atomic E-state index is 6.24. The van der Waals surface area contributed by atoms with Gasteiger partial charge in [-0.25, -0.2) is 4.42 Å². The zero-order valence-electron chi connectivity index (χ0n) is 12.9. The van der Waals surface area contributed by atoms with Crippen molar-refractivity contribution in [2.24, 2.45) is 0 Å². The molecule has 1 aromatic heterocycles. The largest absolute Gasteiger partial charge is 0.493 e. The number of rotatable bonds is 3. The lowest BCUT2D eigenvalue weighted by molar-refractivity contribution is 0.342. The highest BCUT2D eigenvalue weighted by Crippen LogP contribution is 2.35. The van der Waals surface area contributed by atoms with Crippen LogP contribution in [-0.4, -0.2) is 6.61 Å². The normalized spacial score (nSPS) is 10.9. The first-order chi connectivity index (χ1) is 10.6. The van der Waals surface area contributed by atoms with Crippen molar-refractivity contribution in [3.63, 3.8) is 0 Å². The Labute approximate surface area is 135 Å². The minimum atomic E-state index is 0.595. The van der Waals surface area contributed by atoms with Crippen molar-refractivity contribution >= 4 is 22.6 Å². The fourth-order valence-corrected chi connectivity index (χ4v) is 2.58. The first-order valence-corrected chi connectivity index (χ1v) is 7.73. The molecule has 0 saturated heterocycles. The molecule has 22 heavy (non-hydrogen) atoms. The highest BCUT2D eigenvalue weighted by molar-refractivity contribution is 6.32. The first kappa shape index (κ1) is 14.9. The summed E-state index contributed by atoms with van der Waals surface area (Å²) >= 11 is 6.24. The molecule has 1 heterocycles. The number of hydrogen-bond donors (Lipinski definition) is 0. The molecule has 2 aromatic carbocycles. The second kappa shape index (κ2) is 5.98. The van der Waals surface area contributed by atoms with Gasteiger partial charge in [0, 0.05) is 11.1 Å². The second-order valence-electron chi connectivity index (χ2n) is 5.37. The van der Waals surface area contributed by atoms with Crippen LogP contribution in [0.5, 0.6) is 5.75 Å². The molecule has 0 aliphatic rings. The summed E-state index contributed by atoms with van der Waals surface area (Å²) in [5.41, 5.74) is 4.02. The molecule has 0 amide bonds. The molecule has 3 aromatic rings. The van der Waals surface area contributed by atoms with Gasteiger partial charge in [0.25, 0.3) is 0 Å². The van der Waals surface area contributed by atoms with Crippen LogP contribution in [0.2, 0.25) is 5.02 Å². The average molecular weight is 314 g/mol. The molecule has 0 spiro atoms. The summed E-state index contributed by atoms with van der Waals surface area (Å²) in [5.74, 6) is 1.58. The Kier molecular flexibility index (Phi) is 4.04. The molecule has 112 valence electrons. The van der Waals surface area contributed by atoms with Crippen molar-refractivity contribution in [2.75, 3.05) is 6.61 Å². The van der Waals surface area contributed by atoms with Gasteiger partial charge in [0.2, 0.25) is 0 Å². The van der Waals surface area contributed by atoms with Crippen LogP contribution >= 0.6 is 11.6 Å². The molecule has 3 heteroatoms. The van der Waals surface area contributed by atoms with E-state index in [0.29, 0.717) is 11.6 Å². The third-order valence-corrected chi connectivity index (χ3v) is 4.05. The highest BCUT2D eigenvalue weighted by atomic mass is 35.5. The molecule has 0 bridgehead atoms. The molecule has 0 aliphatic carbocycles. The van der Waals surface area contributed by atoms with E-state index in [1.807, 2.05) is 32.0 Å². The number of halogens is 1. The van der Waals surface area contributed by atoms with E-state index in [-0.39, 0.29) is 0 Å². The lowest BCUT2D eigenvalue weighted by atomic mass is 10.1. The minimum absolute atomic E-state index is 0.595. The first-order valence-electron chi connectivity index (χ1n) is 7.35. The van der Waals surface area contributed by atoms with Crippen LogP contribution in [0.3, 0.4) is 0 Å². The van der Waals surface area contributed by atoms with Crippen LogP contribution < -0.4 is 4.74 Å². The SMILES string of the molecule is CCOc1cc(-c2ccc(C)cc2)[o+]c2cc(C)c(Cl)cc12. The Balaban J connectivity index is 2.23. The van der Waals surface area contributed by atoms with E-state index in [2.05, 4.69) is 31.2 Å². The van der Waals surface area contributed by atoms with E-state index in [9.17, 15) is 0 Å². The lowest BCUT2D eigenvalue weighted by Gasteiger charge is -2.05. The van der Waals surface area contributed by atoms with Crippen LogP contribution in [0.25, 0.3) is 22.3 Å². The van der Waals surface area contributed by atoms with Gasteiger partial charge in [-0.2, -0.15) is 0 Å². The summed E-state index contributed by atoms with van der Waals surface area (Å²) in [6, 6.07) is 14.0. The van der Waals surface area contributed by atoms with E-state index < -0.39 is 0 Å². The summed E-state index contributed by atoms with van der Waals surface area (Å²) < 4.78 is 11.9. The molecule has 3 rings (SSSR count). The quantitative estimate of drug-likeness (QED) is 0.549. The van der Waals surface area contributed by atoms with Crippen molar-refractivity contribution in [3.05, 3.63) is 58.6 Å². The third kappa shape index (κ3) is 2.79. The van der Waals surface area contributed by atoms with E-state index in [1.165, 1.54) is 5.56 Å². The summed E-state index contributed by atoms with van der Waals surface area (Å²) in [7, 11) is 0. The highest BCUT2D eigenvalue weighted by Gasteiger charge is 2.21. The molecular weight excluding hydrogens is 296 g/mol. The summed E-state index contributed by atoms with van der Waals surface area (Å²) in [5, 5.41) is 1.61. The molecule has 2 nitrogen and oxygen atoms in total. The Hall–Kier alpha value is -2.06. The minimum Gasteiger partial charge on any atom is -0.493 e. The third-order valence-electron chi connectivity index (χ3n) is 3.64. The van der Waals surface area contributed by atoms with Crippen molar-refractivity contribution in [1.29, 1.82) is 0 Å². The number of hydrogen-bond acceptors (Lipinski definition) is 1. The van der Waals surface area contributed by atoms with Crippen LogP contribution in [0.4, 0.5) is 0 Å². The molecule has 0 radical (unpaired) electrons. The Morgan fingerprint density at radius 2 is 1.77 bits per heavy atom. The fourth-order valence-electron chi connectivity index (χ4n) is 2.41. The van der Waals surface area contributed by atoms with E-state index >= 15 is 0 Å². The van der Waals surface area contributed by atoms with Crippen molar-refractivity contribution in [1.82, 2.24) is 0 Å². The summed E-state index contributed by atoms with van der Waals surface area (Å²) in [6.45, 7) is 6.60. The zero-order chi connectivity index (χ0) is 15.7. The van der Waals surface area contributed by atoms with E-state index in [1.54, 1.807) is 0 Å². The van der Waals surface area contributed by atoms with Gasteiger partial charge in [-0.1, -0.05) is 29.3 Å². The van der Waals surface area contributed by atoms with Crippen LogP contribution in [0, 0.1) is 13.8 Å². The van der Waals surface area contributed by atoms with Crippen LogP contribution in [-0.2, 0) is 0 Å². The van der Waals surface area contributed by atoms with Gasteiger partial charge in [0.1, 0.15) is 11.1 Å². The van der Waals surface area contributed by atoms with Gasteiger partial charge in [-0.05, 0) is 44.5 Å². The topological polar surface area (TPSA) is 20.5 Å². The Morgan fingerprint density at radius 3 is 2.45 bits per heavy atom. The number of aryl methyl sites for hydroxylation is 2. The van der Waals surface area contributed by atoms with Gasteiger partial charge in [0.15, 0.2) is 0 Å². The van der Waals surface area contributed by atoms with Crippen molar-refractivity contribution < 1.29 is 9.15 Å². The lowest BCUT2D eigenvalue weighted by Crippen LogP contribution is -1.94. The van der Waals surface area contributed by atoms with Crippen molar-refractivity contribution in [3.8, 4) is 17.1 Å². The van der Waals surface area contributed by atoms with E-state index in [0.717, 1.165) is 33.6 Å². The molecule has 0 aliphatic heterocycles. The second-order valence-corrected chi connectivity index (χ2v) is 5.78. The standard InChI is InChI=1S/C19H18ClO2/c1-4-21-18-11-17(14-7-5-12(2)6-8-14)22-19-9-13(3)16(20)10-15(18)19/h5-11H,4H2,1-3H3/q+1. The number of ether oxygens (including phenoxy) is 1. The molecule has 0 fully saturated rings. The molecule has 0 unspecified atom stereocenters. The van der Waals surface area contributed by atoms with E-state index in [4.69, 9.17) is 20.8 Å². The van der Waals surface area contributed by atoms with Crippen molar-refractivity contribution in [2.45, 2.75) is 20.8 Å². The van der Waals surface area contributed by atoms with Crippen LogP contribution in [0.15, 0.2) is 46.9 Å². The van der Waals surface area contributed by atoms with Gasteiger partial charge < -0.3 is 4.74 Å². The summed E-state index contributed by atoms with van der Waals surface area (Å²) in [4.78, 5) is 0. The van der Waals surface area contributed by atoms with Gasteiger partial charge in [-0.3, -0.25) is 0 Å². The average Bonchev–Trinajstić information content (AvgIpc) is 2.50. The van der Waals surface area contributed by atoms with Gasteiger partial charge in [0.05, 0.1) is 18.2 Å². The molecular formula is C19H18ClO2+. The molecule has 0 saturated carbocycles. The predicted octanol–water partition coefficient (Wildman–Crippen LogP) is 6.05. The fraction of sp³-hybridized carbons (Fsp3) is 0.211. The number of benzene rings is 2. The molecule has 0 N–H and O–H groups in total. The number of fused-ring (bicyclic) bond motifs is 1.